The predicted molar refractivity (Wildman–Crippen MR) is 60.0 cm³/mol. The minimum atomic E-state index is -0.405. The van der Waals surface area contributed by atoms with Crippen LogP contribution in [0.2, 0.25) is 0 Å². The molecular weight excluding hydrogens is 204 g/mol. The first-order valence-electron chi connectivity index (χ1n) is 5.30. The van der Waals surface area contributed by atoms with Crippen molar-refractivity contribution in [1.29, 1.82) is 0 Å². The maximum Gasteiger partial charge on any atom is 0.330 e. The van der Waals surface area contributed by atoms with Gasteiger partial charge in [0.15, 0.2) is 0 Å². The van der Waals surface area contributed by atoms with E-state index in [1.165, 1.54) is 11.1 Å². The van der Waals surface area contributed by atoms with Crippen LogP contribution >= 0.6 is 0 Å². The molecule has 0 fully saturated rings. The first-order chi connectivity index (χ1) is 7.81. The molecule has 0 saturated carbocycles. The molecule has 0 radical (unpaired) electrons. The number of hydrogen-bond acceptors (Lipinski definition) is 3. The zero-order valence-corrected chi connectivity index (χ0v) is 9.02. The summed E-state index contributed by atoms with van der Waals surface area (Å²) in [6.07, 6.45) is 2.27. The topological polar surface area (TPSA) is 35.5 Å². The molecule has 0 bridgehead atoms. The molecule has 1 aromatic carbocycles. The van der Waals surface area contributed by atoms with Gasteiger partial charge in [-0.3, -0.25) is 0 Å². The fraction of sp³-hybridized carbons (Fsp3) is 0.308. The molecule has 1 aliphatic rings. The standard InChI is InChI=1S/C13H14O3/c1-2-13(14)16-8-7-15-12-9-10-5-3-4-6-11(10)12/h2-6,12H,1,7-9H2. The highest BCUT2D eigenvalue weighted by Crippen LogP contribution is 2.35. The van der Waals surface area contributed by atoms with Crippen molar-refractivity contribution in [3.05, 3.63) is 48.0 Å². The van der Waals surface area contributed by atoms with Gasteiger partial charge in [-0.25, -0.2) is 4.79 Å². The van der Waals surface area contributed by atoms with Gasteiger partial charge in [0, 0.05) is 12.5 Å². The number of benzene rings is 1. The average molecular weight is 218 g/mol. The monoisotopic (exact) mass is 218 g/mol. The van der Waals surface area contributed by atoms with Gasteiger partial charge in [0.05, 0.1) is 12.7 Å². The summed E-state index contributed by atoms with van der Waals surface area (Å²) in [6.45, 7) is 4.03. The normalized spacial score (nSPS) is 17.1. The van der Waals surface area contributed by atoms with E-state index in [1.54, 1.807) is 0 Å². The van der Waals surface area contributed by atoms with Crippen molar-refractivity contribution >= 4 is 5.97 Å². The third-order valence-corrected chi connectivity index (χ3v) is 2.62. The molecule has 2 rings (SSSR count). The minimum absolute atomic E-state index is 0.165. The smallest absolute Gasteiger partial charge is 0.330 e. The Labute approximate surface area is 94.7 Å². The van der Waals surface area contributed by atoms with Gasteiger partial charge in [0.25, 0.3) is 0 Å². The van der Waals surface area contributed by atoms with E-state index in [2.05, 4.69) is 18.7 Å². The summed E-state index contributed by atoms with van der Waals surface area (Å²) in [6, 6.07) is 8.21. The molecule has 3 nitrogen and oxygen atoms in total. The summed E-state index contributed by atoms with van der Waals surface area (Å²) in [5, 5.41) is 0. The van der Waals surface area contributed by atoms with Crippen LogP contribution in [0, 0.1) is 0 Å². The van der Waals surface area contributed by atoms with Crippen molar-refractivity contribution in [3.8, 4) is 0 Å². The van der Waals surface area contributed by atoms with E-state index in [0.29, 0.717) is 6.61 Å². The lowest BCUT2D eigenvalue weighted by Crippen LogP contribution is -2.21. The van der Waals surface area contributed by atoms with Crippen LogP contribution in [0.3, 0.4) is 0 Å². The molecule has 16 heavy (non-hydrogen) atoms. The van der Waals surface area contributed by atoms with Gasteiger partial charge < -0.3 is 9.47 Å². The molecule has 1 aromatic rings. The fourth-order valence-electron chi connectivity index (χ4n) is 1.75. The lowest BCUT2D eigenvalue weighted by Gasteiger charge is -2.29. The van der Waals surface area contributed by atoms with Gasteiger partial charge in [0.2, 0.25) is 0 Å². The van der Waals surface area contributed by atoms with Gasteiger partial charge in [-0.05, 0) is 11.1 Å². The lowest BCUT2D eigenvalue weighted by atomic mass is 9.85. The SMILES string of the molecule is C=CC(=O)OCCOC1Cc2ccccc21. The van der Waals surface area contributed by atoms with Gasteiger partial charge in [-0.1, -0.05) is 30.8 Å². The molecule has 0 aliphatic heterocycles. The number of carbonyl (C=O) groups excluding carboxylic acids is 1. The number of esters is 1. The van der Waals surface area contributed by atoms with E-state index in [9.17, 15) is 4.79 Å². The van der Waals surface area contributed by atoms with Crippen molar-refractivity contribution in [3.63, 3.8) is 0 Å². The van der Waals surface area contributed by atoms with Crippen LogP contribution in [0.4, 0.5) is 0 Å². The Balaban J connectivity index is 1.70. The molecule has 0 amide bonds. The molecule has 3 heteroatoms. The van der Waals surface area contributed by atoms with Crippen LogP contribution < -0.4 is 0 Å². The summed E-state index contributed by atoms with van der Waals surface area (Å²) in [4.78, 5) is 10.7. The van der Waals surface area contributed by atoms with Crippen molar-refractivity contribution in [2.45, 2.75) is 12.5 Å². The highest BCUT2D eigenvalue weighted by atomic mass is 16.6. The maximum absolute atomic E-state index is 10.7. The van der Waals surface area contributed by atoms with Crippen molar-refractivity contribution in [2.24, 2.45) is 0 Å². The quantitative estimate of drug-likeness (QED) is 0.431. The van der Waals surface area contributed by atoms with Crippen LogP contribution in [0.25, 0.3) is 0 Å². The van der Waals surface area contributed by atoms with Crippen LogP contribution in [0.5, 0.6) is 0 Å². The van der Waals surface area contributed by atoms with Crippen LogP contribution in [-0.4, -0.2) is 19.2 Å². The molecular formula is C13H14O3. The van der Waals surface area contributed by atoms with Crippen LogP contribution in [0.1, 0.15) is 17.2 Å². The largest absolute Gasteiger partial charge is 0.460 e. The Hall–Kier alpha value is -1.61. The molecule has 0 aromatic heterocycles. The molecule has 0 heterocycles. The zero-order valence-electron chi connectivity index (χ0n) is 9.02. The zero-order chi connectivity index (χ0) is 11.4. The molecule has 1 aliphatic carbocycles. The summed E-state index contributed by atoms with van der Waals surface area (Å²) in [7, 11) is 0. The second-order valence-electron chi connectivity index (χ2n) is 3.63. The first-order valence-corrected chi connectivity index (χ1v) is 5.30. The van der Waals surface area contributed by atoms with E-state index in [1.807, 2.05) is 12.1 Å². The van der Waals surface area contributed by atoms with Gasteiger partial charge in [-0.2, -0.15) is 0 Å². The van der Waals surface area contributed by atoms with Crippen molar-refractivity contribution in [2.75, 3.05) is 13.2 Å². The highest BCUT2D eigenvalue weighted by Gasteiger charge is 2.25. The maximum atomic E-state index is 10.7. The molecule has 0 saturated heterocycles. The third-order valence-electron chi connectivity index (χ3n) is 2.62. The summed E-state index contributed by atoms with van der Waals surface area (Å²) in [5.74, 6) is -0.405. The Bertz CT molecular complexity index is 398. The molecule has 84 valence electrons. The van der Waals surface area contributed by atoms with Gasteiger partial charge in [0.1, 0.15) is 6.61 Å². The van der Waals surface area contributed by atoms with Crippen LogP contribution in [-0.2, 0) is 20.7 Å². The molecule has 1 unspecified atom stereocenters. The Morgan fingerprint density at radius 2 is 2.25 bits per heavy atom. The van der Waals surface area contributed by atoms with Crippen molar-refractivity contribution < 1.29 is 14.3 Å². The van der Waals surface area contributed by atoms with E-state index >= 15 is 0 Å². The second kappa shape index (κ2) is 4.94. The number of ether oxygens (including phenoxy) is 2. The Morgan fingerprint density at radius 1 is 1.44 bits per heavy atom. The Kier molecular flexibility index (Phi) is 3.37. The summed E-state index contributed by atoms with van der Waals surface area (Å²) >= 11 is 0. The number of hydrogen-bond donors (Lipinski definition) is 0. The van der Waals surface area contributed by atoms with E-state index in [0.717, 1.165) is 12.5 Å². The summed E-state index contributed by atoms with van der Waals surface area (Å²) < 4.78 is 10.4. The Morgan fingerprint density at radius 3 is 3.00 bits per heavy atom. The number of rotatable bonds is 5. The third kappa shape index (κ3) is 2.31. The molecule has 1 atom stereocenters. The second-order valence-corrected chi connectivity index (χ2v) is 3.63. The number of carbonyl (C=O) groups is 1. The van der Waals surface area contributed by atoms with E-state index in [-0.39, 0.29) is 12.7 Å². The predicted octanol–water partition coefficient (Wildman–Crippen LogP) is 2.03. The minimum Gasteiger partial charge on any atom is -0.460 e. The number of fused-ring (bicyclic) bond motifs is 1. The van der Waals surface area contributed by atoms with Crippen LogP contribution in [0.15, 0.2) is 36.9 Å². The molecule has 0 spiro atoms. The van der Waals surface area contributed by atoms with E-state index < -0.39 is 5.97 Å². The highest BCUT2D eigenvalue weighted by molar-refractivity contribution is 5.81. The fourth-order valence-corrected chi connectivity index (χ4v) is 1.75. The van der Waals surface area contributed by atoms with Gasteiger partial charge in [-0.15, -0.1) is 0 Å². The average Bonchev–Trinajstić information content (AvgIpc) is 2.29. The lowest BCUT2D eigenvalue weighted by molar-refractivity contribution is -0.140. The van der Waals surface area contributed by atoms with E-state index in [4.69, 9.17) is 9.47 Å². The van der Waals surface area contributed by atoms with Crippen molar-refractivity contribution in [1.82, 2.24) is 0 Å². The van der Waals surface area contributed by atoms with Gasteiger partial charge >= 0.3 is 5.97 Å². The molecule has 0 N–H and O–H groups in total. The first kappa shape index (κ1) is 10.9. The summed E-state index contributed by atoms with van der Waals surface area (Å²) in [5.41, 5.74) is 2.59.